The lowest BCUT2D eigenvalue weighted by Crippen LogP contribution is -1.92. The molecule has 3 rings (SSSR count). The maximum atomic E-state index is 4.36. The molecule has 0 atom stereocenters. The molecular formula is C11H9N3. The third kappa shape index (κ3) is 0.865. The van der Waals surface area contributed by atoms with E-state index in [0.29, 0.717) is 0 Å². The van der Waals surface area contributed by atoms with E-state index in [0.717, 1.165) is 22.4 Å². The van der Waals surface area contributed by atoms with Crippen molar-refractivity contribution in [1.82, 2.24) is 14.4 Å². The van der Waals surface area contributed by atoms with E-state index >= 15 is 0 Å². The summed E-state index contributed by atoms with van der Waals surface area (Å²) in [5, 5.41) is 0. The number of benzene rings is 1. The highest BCUT2D eigenvalue weighted by atomic mass is 15.0. The van der Waals surface area contributed by atoms with E-state index in [1.165, 1.54) is 0 Å². The summed E-state index contributed by atoms with van der Waals surface area (Å²) in [6.45, 7) is 2.00. The molecule has 0 unspecified atom stereocenters. The molecule has 0 fully saturated rings. The van der Waals surface area contributed by atoms with Crippen LogP contribution in [0.3, 0.4) is 0 Å². The smallest absolute Gasteiger partial charge is 0.110 e. The zero-order valence-corrected chi connectivity index (χ0v) is 7.81. The van der Waals surface area contributed by atoms with Crippen LogP contribution in [0.4, 0.5) is 0 Å². The van der Waals surface area contributed by atoms with Crippen LogP contribution in [0.1, 0.15) is 5.82 Å². The van der Waals surface area contributed by atoms with E-state index in [-0.39, 0.29) is 0 Å². The molecule has 0 bridgehead atoms. The second-order valence-electron chi connectivity index (χ2n) is 3.31. The summed E-state index contributed by atoms with van der Waals surface area (Å²) >= 11 is 0. The first-order valence-corrected chi connectivity index (χ1v) is 4.54. The van der Waals surface area contributed by atoms with Gasteiger partial charge in [0.25, 0.3) is 0 Å². The van der Waals surface area contributed by atoms with Gasteiger partial charge in [-0.2, -0.15) is 0 Å². The Kier molecular flexibility index (Phi) is 1.36. The van der Waals surface area contributed by atoms with Crippen LogP contribution in [-0.4, -0.2) is 14.4 Å². The Hall–Kier alpha value is -1.90. The molecule has 14 heavy (non-hydrogen) atoms. The Labute approximate surface area is 81.0 Å². The van der Waals surface area contributed by atoms with E-state index in [4.69, 9.17) is 0 Å². The highest BCUT2D eigenvalue weighted by Crippen LogP contribution is 2.15. The summed E-state index contributed by atoms with van der Waals surface area (Å²) in [5.41, 5.74) is 3.15. The Morgan fingerprint density at radius 1 is 1.07 bits per heavy atom. The van der Waals surface area contributed by atoms with Crippen molar-refractivity contribution >= 4 is 16.6 Å². The number of hydrogen-bond donors (Lipinski definition) is 0. The Morgan fingerprint density at radius 3 is 2.79 bits per heavy atom. The first-order valence-electron chi connectivity index (χ1n) is 4.54. The van der Waals surface area contributed by atoms with Crippen LogP contribution < -0.4 is 0 Å². The van der Waals surface area contributed by atoms with Gasteiger partial charge in [-0.05, 0) is 19.1 Å². The lowest BCUT2D eigenvalue weighted by molar-refractivity contribution is 1.07. The van der Waals surface area contributed by atoms with Crippen LogP contribution in [0, 0.1) is 6.92 Å². The topological polar surface area (TPSA) is 30.2 Å². The molecule has 0 aliphatic carbocycles. The quantitative estimate of drug-likeness (QED) is 0.534. The maximum Gasteiger partial charge on any atom is 0.110 e. The van der Waals surface area contributed by atoms with Crippen LogP contribution in [-0.2, 0) is 0 Å². The molecule has 0 aliphatic rings. The van der Waals surface area contributed by atoms with Crippen molar-refractivity contribution in [2.75, 3.05) is 0 Å². The molecular weight excluding hydrogens is 174 g/mol. The van der Waals surface area contributed by atoms with Crippen LogP contribution in [0.15, 0.2) is 36.7 Å². The number of imidazole rings is 1. The van der Waals surface area contributed by atoms with Gasteiger partial charge in [0, 0.05) is 0 Å². The Balaban J connectivity index is 2.65. The van der Waals surface area contributed by atoms with Crippen molar-refractivity contribution in [3.8, 4) is 0 Å². The van der Waals surface area contributed by atoms with Gasteiger partial charge >= 0.3 is 0 Å². The zero-order valence-electron chi connectivity index (χ0n) is 7.81. The van der Waals surface area contributed by atoms with Crippen molar-refractivity contribution < 1.29 is 0 Å². The molecule has 0 saturated heterocycles. The average molecular weight is 183 g/mol. The predicted octanol–water partition coefficient (Wildman–Crippen LogP) is 2.19. The SMILES string of the molecule is Cc1ncc2cnc3ccccc3n12. The summed E-state index contributed by atoms with van der Waals surface area (Å²) in [7, 11) is 0. The van der Waals surface area contributed by atoms with Crippen LogP contribution in [0.2, 0.25) is 0 Å². The number of para-hydroxylation sites is 2. The van der Waals surface area contributed by atoms with Crippen molar-refractivity contribution in [1.29, 1.82) is 0 Å². The number of fused-ring (bicyclic) bond motifs is 3. The first-order chi connectivity index (χ1) is 6.86. The predicted molar refractivity (Wildman–Crippen MR) is 55.2 cm³/mol. The lowest BCUT2D eigenvalue weighted by Gasteiger charge is -2.01. The van der Waals surface area contributed by atoms with Crippen molar-refractivity contribution in [2.24, 2.45) is 0 Å². The minimum atomic E-state index is 0.999. The second-order valence-corrected chi connectivity index (χ2v) is 3.31. The van der Waals surface area contributed by atoms with Gasteiger partial charge in [0.1, 0.15) is 5.82 Å². The van der Waals surface area contributed by atoms with Gasteiger partial charge in [-0.1, -0.05) is 12.1 Å². The minimum Gasteiger partial charge on any atom is -0.293 e. The molecule has 68 valence electrons. The molecule has 3 aromatic rings. The van der Waals surface area contributed by atoms with Crippen molar-refractivity contribution in [3.05, 3.63) is 42.5 Å². The first kappa shape index (κ1) is 7.50. The highest BCUT2D eigenvalue weighted by Gasteiger charge is 2.02. The average Bonchev–Trinajstić information content (AvgIpc) is 2.61. The van der Waals surface area contributed by atoms with Crippen LogP contribution in [0.5, 0.6) is 0 Å². The van der Waals surface area contributed by atoms with E-state index in [1.807, 2.05) is 37.5 Å². The Bertz CT molecular complexity index is 610. The minimum absolute atomic E-state index is 0.999. The molecule has 3 heteroatoms. The van der Waals surface area contributed by atoms with Crippen molar-refractivity contribution in [2.45, 2.75) is 6.92 Å². The van der Waals surface area contributed by atoms with Crippen molar-refractivity contribution in [3.63, 3.8) is 0 Å². The second kappa shape index (κ2) is 2.54. The molecule has 0 spiro atoms. The van der Waals surface area contributed by atoms with Gasteiger partial charge in [0.15, 0.2) is 0 Å². The summed E-state index contributed by atoms with van der Waals surface area (Å²) in [4.78, 5) is 8.63. The van der Waals surface area contributed by atoms with E-state index in [2.05, 4.69) is 20.4 Å². The fourth-order valence-electron chi connectivity index (χ4n) is 1.76. The summed E-state index contributed by atoms with van der Waals surface area (Å²) in [6.07, 6.45) is 3.69. The number of nitrogens with zero attached hydrogens (tertiary/aromatic N) is 3. The Morgan fingerprint density at radius 2 is 1.86 bits per heavy atom. The maximum absolute atomic E-state index is 4.36. The van der Waals surface area contributed by atoms with Gasteiger partial charge in [0.2, 0.25) is 0 Å². The zero-order chi connectivity index (χ0) is 9.54. The normalized spacial score (nSPS) is 11.2. The number of aromatic nitrogens is 3. The fourth-order valence-corrected chi connectivity index (χ4v) is 1.76. The molecule has 1 aromatic carbocycles. The van der Waals surface area contributed by atoms with Gasteiger partial charge in [-0.3, -0.25) is 9.38 Å². The molecule has 2 aromatic heterocycles. The largest absolute Gasteiger partial charge is 0.293 e. The third-order valence-corrected chi connectivity index (χ3v) is 2.42. The van der Waals surface area contributed by atoms with E-state index in [9.17, 15) is 0 Å². The van der Waals surface area contributed by atoms with Gasteiger partial charge in [-0.25, -0.2) is 4.98 Å². The molecule has 0 radical (unpaired) electrons. The highest BCUT2D eigenvalue weighted by molar-refractivity contribution is 5.78. The molecule has 0 N–H and O–H groups in total. The van der Waals surface area contributed by atoms with Gasteiger partial charge in [0.05, 0.1) is 28.9 Å². The fraction of sp³-hybridized carbons (Fsp3) is 0.0909. The standard InChI is InChI=1S/C11H9N3/c1-8-12-6-9-7-13-10-4-2-3-5-11(10)14(8)9/h2-7H,1H3. The molecule has 2 heterocycles. The summed E-state index contributed by atoms with van der Waals surface area (Å²) in [6, 6.07) is 8.08. The molecule has 0 amide bonds. The number of aryl methyl sites for hydroxylation is 1. The van der Waals surface area contributed by atoms with E-state index < -0.39 is 0 Å². The summed E-state index contributed by atoms with van der Waals surface area (Å²) < 4.78 is 2.11. The molecule has 0 aliphatic heterocycles. The van der Waals surface area contributed by atoms with Crippen LogP contribution in [0.25, 0.3) is 16.6 Å². The number of rotatable bonds is 0. The molecule has 3 nitrogen and oxygen atoms in total. The molecule has 0 saturated carbocycles. The van der Waals surface area contributed by atoms with Gasteiger partial charge < -0.3 is 0 Å². The summed E-state index contributed by atoms with van der Waals surface area (Å²) in [5.74, 6) is 0.999. The lowest BCUT2D eigenvalue weighted by atomic mass is 10.3. The third-order valence-electron chi connectivity index (χ3n) is 2.42. The van der Waals surface area contributed by atoms with Gasteiger partial charge in [-0.15, -0.1) is 0 Å². The number of hydrogen-bond acceptors (Lipinski definition) is 2. The van der Waals surface area contributed by atoms with Crippen LogP contribution >= 0.6 is 0 Å². The van der Waals surface area contributed by atoms with E-state index in [1.54, 1.807) is 0 Å². The monoisotopic (exact) mass is 183 g/mol.